The number of rotatable bonds is 5. The summed E-state index contributed by atoms with van der Waals surface area (Å²) in [5.74, 6) is 0.147. The minimum absolute atomic E-state index is 0.147. The monoisotopic (exact) mass is 212 g/mol. The molecule has 1 aliphatic heterocycles. The van der Waals surface area contributed by atoms with Crippen LogP contribution < -0.4 is 10.6 Å². The van der Waals surface area contributed by atoms with Crippen molar-refractivity contribution in [3.63, 3.8) is 0 Å². The number of amides is 1. The van der Waals surface area contributed by atoms with Gasteiger partial charge in [0.1, 0.15) is 0 Å². The van der Waals surface area contributed by atoms with Crippen LogP contribution in [0.5, 0.6) is 0 Å². The zero-order valence-corrected chi connectivity index (χ0v) is 9.13. The molecule has 0 radical (unpaired) electrons. The molecule has 0 atom stereocenters. The van der Waals surface area contributed by atoms with Crippen molar-refractivity contribution in [2.24, 2.45) is 0 Å². The molecule has 0 aromatic rings. The van der Waals surface area contributed by atoms with Gasteiger partial charge in [-0.2, -0.15) is 0 Å². The van der Waals surface area contributed by atoms with Crippen LogP contribution in [0.4, 0.5) is 0 Å². The van der Waals surface area contributed by atoms with E-state index in [9.17, 15) is 4.79 Å². The third-order valence-electron chi connectivity index (χ3n) is 3.15. The number of hydrogen-bond donors (Lipinski definition) is 2. The summed E-state index contributed by atoms with van der Waals surface area (Å²) in [5, 5.41) is 6.19. The fraction of sp³-hybridized carbons (Fsp3) is 0.909. The number of carbonyl (C=O) groups excluding carboxylic acids is 1. The number of carbonyl (C=O) groups is 1. The molecule has 0 aromatic carbocycles. The van der Waals surface area contributed by atoms with E-state index in [0.717, 1.165) is 25.9 Å². The topological polar surface area (TPSA) is 50.4 Å². The molecule has 2 fully saturated rings. The molecule has 1 aliphatic carbocycles. The third kappa shape index (κ3) is 3.47. The second-order valence-corrected chi connectivity index (χ2v) is 4.45. The van der Waals surface area contributed by atoms with Gasteiger partial charge in [0, 0.05) is 25.6 Å². The van der Waals surface area contributed by atoms with Crippen LogP contribution in [0.25, 0.3) is 0 Å². The zero-order chi connectivity index (χ0) is 10.5. The SMILES string of the molecule is O=C(CCOC1CNC1)NC1CCCC1. The number of nitrogens with one attached hydrogen (secondary N) is 2. The summed E-state index contributed by atoms with van der Waals surface area (Å²) < 4.78 is 5.49. The van der Waals surface area contributed by atoms with Crippen LogP contribution in [0, 0.1) is 0 Å². The Balaban J connectivity index is 1.51. The predicted octanol–water partition coefficient (Wildman–Crippen LogP) is 0.424. The van der Waals surface area contributed by atoms with Gasteiger partial charge in [0.15, 0.2) is 0 Å². The highest BCUT2D eigenvalue weighted by atomic mass is 16.5. The van der Waals surface area contributed by atoms with Crippen LogP contribution in [0.1, 0.15) is 32.1 Å². The van der Waals surface area contributed by atoms with E-state index in [2.05, 4.69) is 10.6 Å². The van der Waals surface area contributed by atoms with E-state index >= 15 is 0 Å². The summed E-state index contributed by atoms with van der Waals surface area (Å²) in [5.41, 5.74) is 0. The van der Waals surface area contributed by atoms with Gasteiger partial charge in [-0.05, 0) is 12.8 Å². The molecular weight excluding hydrogens is 192 g/mol. The van der Waals surface area contributed by atoms with E-state index < -0.39 is 0 Å². The maximum absolute atomic E-state index is 11.5. The average Bonchev–Trinajstić information content (AvgIpc) is 2.62. The van der Waals surface area contributed by atoms with E-state index in [1.54, 1.807) is 0 Å². The second kappa shape index (κ2) is 5.47. The normalized spacial score (nSPS) is 22.7. The Morgan fingerprint density at radius 2 is 2.07 bits per heavy atom. The quantitative estimate of drug-likeness (QED) is 0.694. The summed E-state index contributed by atoms with van der Waals surface area (Å²) in [4.78, 5) is 11.5. The summed E-state index contributed by atoms with van der Waals surface area (Å²) in [6.07, 6.45) is 5.67. The average molecular weight is 212 g/mol. The molecule has 0 unspecified atom stereocenters. The van der Waals surface area contributed by atoms with E-state index in [1.165, 1.54) is 12.8 Å². The molecule has 4 heteroatoms. The maximum Gasteiger partial charge on any atom is 0.222 e. The van der Waals surface area contributed by atoms with Crippen molar-refractivity contribution in [2.45, 2.75) is 44.2 Å². The van der Waals surface area contributed by atoms with Gasteiger partial charge in [0.05, 0.1) is 12.7 Å². The van der Waals surface area contributed by atoms with E-state index in [0.29, 0.717) is 25.2 Å². The van der Waals surface area contributed by atoms with Gasteiger partial charge in [-0.25, -0.2) is 0 Å². The van der Waals surface area contributed by atoms with Crippen molar-refractivity contribution >= 4 is 5.91 Å². The van der Waals surface area contributed by atoms with Crippen LogP contribution in [0.3, 0.4) is 0 Å². The van der Waals surface area contributed by atoms with Crippen LogP contribution in [-0.4, -0.2) is 37.7 Å². The first-order valence-corrected chi connectivity index (χ1v) is 5.96. The Labute approximate surface area is 90.8 Å². The Morgan fingerprint density at radius 1 is 1.33 bits per heavy atom. The summed E-state index contributed by atoms with van der Waals surface area (Å²) in [6, 6.07) is 0.433. The largest absolute Gasteiger partial charge is 0.375 e. The van der Waals surface area contributed by atoms with Crippen molar-refractivity contribution in [1.82, 2.24) is 10.6 Å². The number of hydrogen-bond acceptors (Lipinski definition) is 3. The smallest absolute Gasteiger partial charge is 0.222 e. The van der Waals surface area contributed by atoms with E-state index in [4.69, 9.17) is 4.74 Å². The van der Waals surface area contributed by atoms with Crippen molar-refractivity contribution in [2.75, 3.05) is 19.7 Å². The fourth-order valence-electron chi connectivity index (χ4n) is 2.07. The van der Waals surface area contributed by atoms with Gasteiger partial charge in [-0.1, -0.05) is 12.8 Å². The summed E-state index contributed by atoms with van der Waals surface area (Å²) in [7, 11) is 0. The van der Waals surface area contributed by atoms with Gasteiger partial charge in [0.25, 0.3) is 0 Å². The fourth-order valence-corrected chi connectivity index (χ4v) is 2.07. The molecule has 0 aromatic heterocycles. The summed E-state index contributed by atoms with van der Waals surface area (Å²) >= 11 is 0. The highest BCUT2D eigenvalue weighted by molar-refractivity contribution is 5.76. The van der Waals surface area contributed by atoms with Crippen molar-refractivity contribution in [1.29, 1.82) is 0 Å². The standard InChI is InChI=1S/C11H20N2O2/c14-11(13-9-3-1-2-4-9)5-6-15-10-7-12-8-10/h9-10,12H,1-8H2,(H,13,14). The minimum atomic E-state index is 0.147. The lowest BCUT2D eigenvalue weighted by atomic mass is 10.2. The molecule has 2 N–H and O–H groups in total. The maximum atomic E-state index is 11.5. The van der Waals surface area contributed by atoms with Gasteiger partial charge in [0.2, 0.25) is 5.91 Å². The zero-order valence-electron chi connectivity index (χ0n) is 9.13. The van der Waals surface area contributed by atoms with Crippen LogP contribution >= 0.6 is 0 Å². The molecule has 1 heterocycles. The molecule has 1 saturated heterocycles. The molecule has 15 heavy (non-hydrogen) atoms. The highest BCUT2D eigenvalue weighted by Gasteiger charge is 2.19. The molecule has 1 saturated carbocycles. The number of ether oxygens (including phenoxy) is 1. The van der Waals surface area contributed by atoms with Crippen LogP contribution in [0.15, 0.2) is 0 Å². The van der Waals surface area contributed by atoms with Crippen molar-refractivity contribution < 1.29 is 9.53 Å². The highest BCUT2D eigenvalue weighted by Crippen LogP contribution is 2.17. The van der Waals surface area contributed by atoms with E-state index in [-0.39, 0.29) is 5.91 Å². The van der Waals surface area contributed by atoms with Gasteiger partial charge in [-0.3, -0.25) is 4.79 Å². The third-order valence-corrected chi connectivity index (χ3v) is 3.15. The summed E-state index contributed by atoms with van der Waals surface area (Å²) in [6.45, 7) is 2.43. The van der Waals surface area contributed by atoms with Crippen molar-refractivity contribution in [3.8, 4) is 0 Å². The second-order valence-electron chi connectivity index (χ2n) is 4.45. The Hall–Kier alpha value is -0.610. The Bertz CT molecular complexity index is 211. The van der Waals surface area contributed by atoms with Crippen molar-refractivity contribution in [3.05, 3.63) is 0 Å². The lowest BCUT2D eigenvalue weighted by Gasteiger charge is -2.27. The lowest BCUT2D eigenvalue weighted by molar-refractivity contribution is -0.123. The molecule has 0 spiro atoms. The first kappa shape index (κ1) is 10.9. The minimum Gasteiger partial charge on any atom is -0.375 e. The Morgan fingerprint density at radius 3 is 2.67 bits per heavy atom. The van der Waals surface area contributed by atoms with Gasteiger partial charge < -0.3 is 15.4 Å². The van der Waals surface area contributed by atoms with Crippen LogP contribution in [0.2, 0.25) is 0 Å². The molecule has 86 valence electrons. The molecule has 0 bridgehead atoms. The molecule has 4 nitrogen and oxygen atoms in total. The van der Waals surface area contributed by atoms with E-state index in [1.807, 2.05) is 0 Å². The first-order valence-electron chi connectivity index (χ1n) is 5.96. The van der Waals surface area contributed by atoms with Gasteiger partial charge in [-0.15, -0.1) is 0 Å². The van der Waals surface area contributed by atoms with Gasteiger partial charge >= 0.3 is 0 Å². The molecular formula is C11H20N2O2. The molecule has 2 rings (SSSR count). The molecule has 1 amide bonds. The van der Waals surface area contributed by atoms with Crippen LogP contribution in [-0.2, 0) is 9.53 Å². The predicted molar refractivity (Wildman–Crippen MR) is 57.6 cm³/mol. The Kier molecular flexibility index (Phi) is 3.97. The lowest BCUT2D eigenvalue weighted by Crippen LogP contribution is -2.48. The molecule has 2 aliphatic rings. The first-order chi connectivity index (χ1) is 7.34.